The maximum atomic E-state index is 5.60. The molecule has 3 nitrogen and oxygen atoms in total. The summed E-state index contributed by atoms with van der Waals surface area (Å²) in [7, 11) is 1.64. The Morgan fingerprint density at radius 2 is 1.78 bits per heavy atom. The van der Waals surface area contributed by atoms with Crippen molar-refractivity contribution in [3.05, 3.63) is 54.1 Å². The highest BCUT2D eigenvalue weighted by Crippen LogP contribution is 2.19. The van der Waals surface area contributed by atoms with E-state index in [4.69, 9.17) is 9.47 Å². The Labute approximate surface area is 107 Å². The molecule has 0 bridgehead atoms. The summed E-state index contributed by atoms with van der Waals surface area (Å²) in [6.45, 7) is 2.49. The first-order valence-electron chi connectivity index (χ1n) is 5.85. The molecule has 0 unspecified atom stereocenters. The molecular formula is C15H17NO2. The van der Waals surface area contributed by atoms with Crippen molar-refractivity contribution < 1.29 is 9.47 Å². The Morgan fingerprint density at radius 3 is 2.56 bits per heavy atom. The lowest BCUT2D eigenvalue weighted by Gasteiger charge is -2.10. The zero-order valence-electron chi connectivity index (χ0n) is 10.6. The number of hydrogen-bond acceptors (Lipinski definition) is 3. The Balaban J connectivity index is 1.88. The highest BCUT2D eigenvalue weighted by atomic mass is 16.5. The molecular weight excluding hydrogens is 226 g/mol. The molecule has 0 aliphatic carbocycles. The SMILES string of the molecule is COc1cccc(OCNc2cccc(C)c2)c1. The van der Waals surface area contributed by atoms with E-state index in [9.17, 15) is 0 Å². The summed E-state index contributed by atoms with van der Waals surface area (Å²) in [5.74, 6) is 1.58. The zero-order valence-corrected chi connectivity index (χ0v) is 10.6. The van der Waals surface area contributed by atoms with Crippen molar-refractivity contribution in [1.29, 1.82) is 0 Å². The largest absolute Gasteiger partial charge is 0.497 e. The van der Waals surface area contributed by atoms with Gasteiger partial charge in [0, 0.05) is 11.8 Å². The Hall–Kier alpha value is -2.16. The monoisotopic (exact) mass is 243 g/mol. The van der Waals surface area contributed by atoms with Crippen molar-refractivity contribution in [2.45, 2.75) is 6.92 Å². The predicted molar refractivity (Wildman–Crippen MR) is 73.3 cm³/mol. The summed E-state index contributed by atoms with van der Waals surface area (Å²) in [6.07, 6.45) is 0. The molecule has 18 heavy (non-hydrogen) atoms. The molecule has 0 saturated carbocycles. The molecule has 0 aliphatic heterocycles. The van der Waals surface area contributed by atoms with Crippen molar-refractivity contribution in [2.75, 3.05) is 19.2 Å². The molecule has 2 rings (SSSR count). The number of benzene rings is 2. The van der Waals surface area contributed by atoms with Crippen LogP contribution in [-0.2, 0) is 0 Å². The molecule has 0 amide bonds. The first kappa shape index (κ1) is 12.3. The molecule has 0 spiro atoms. The van der Waals surface area contributed by atoms with E-state index in [2.05, 4.69) is 24.4 Å². The maximum absolute atomic E-state index is 5.60. The second-order valence-electron chi connectivity index (χ2n) is 4.01. The van der Waals surface area contributed by atoms with Crippen molar-refractivity contribution >= 4 is 5.69 Å². The molecule has 0 aliphatic rings. The fourth-order valence-corrected chi connectivity index (χ4v) is 1.65. The average molecular weight is 243 g/mol. The fourth-order valence-electron chi connectivity index (χ4n) is 1.65. The van der Waals surface area contributed by atoms with Gasteiger partial charge in [0.1, 0.15) is 11.5 Å². The van der Waals surface area contributed by atoms with E-state index in [0.717, 1.165) is 17.2 Å². The van der Waals surface area contributed by atoms with Gasteiger partial charge in [-0.05, 0) is 36.8 Å². The zero-order chi connectivity index (χ0) is 12.8. The van der Waals surface area contributed by atoms with Gasteiger partial charge in [0.2, 0.25) is 0 Å². The molecule has 94 valence electrons. The number of hydrogen-bond donors (Lipinski definition) is 1. The van der Waals surface area contributed by atoms with Gasteiger partial charge in [-0.1, -0.05) is 18.2 Å². The summed E-state index contributed by atoms with van der Waals surface area (Å²) in [6, 6.07) is 15.7. The molecule has 0 fully saturated rings. The molecule has 0 saturated heterocycles. The third-order valence-corrected chi connectivity index (χ3v) is 2.57. The summed E-state index contributed by atoms with van der Waals surface area (Å²) in [5, 5.41) is 3.21. The van der Waals surface area contributed by atoms with Crippen LogP contribution in [0.1, 0.15) is 5.56 Å². The van der Waals surface area contributed by atoms with Gasteiger partial charge < -0.3 is 14.8 Å². The van der Waals surface area contributed by atoms with E-state index < -0.39 is 0 Å². The highest BCUT2D eigenvalue weighted by Gasteiger charge is 1.96. The van der Waals surface area contributed by atoms with Gasteiger partial charge in [-0.15, -0.1) is 0 Å². The van der Waals surface area contributed by atoms with E-state index >= 15 is 0 Å². The van der Waals surface area contributed by atoms with E-state index in [0.29, 0.717) is 6.73 Å². The molecule has 3 heteroatoms. The van der Waals surface area contributed by atoms with Crippen LogP contribution < -0.4 is 14.8 Å². The lowest BCUT2D eigenvalue weighted by Crippen LogP contribution is -2.08. The quantitative estimate of drug-likeness (QED) is 0.816. The standard InChI is InChI=1S/C15H17NO2/c1-12-5-3-6-13(9-12)16-11-18-15-8-4-7-14(10-15)17-2/h3-10,16H,11H2,1-2H3. The highest BCUT2D eigenvalue weighted by molar-refractivity contribution is 5.45. The van der Waals surface area contributed by atoms with Crippen LogP contribution in [0.4, 0.5) is 5.69 Å². The molecule has 2 aromatic carbocycles. The molecule has 2 aromatic rings. The Kier molecular flexibility index (Phi) is 4.07. The van der Waals surface area contributed by atoms with Crippen LogP contribution in [-0.4, -0.2) is 13.8 Å². The maximum Gasteiger partial charge on any atom is 0.159 e. The van der Waals surface area contributed by atoms with Crippen LogP contribution >= 0.6 is 0 Å². The lowest BCUT2D eigenvalue weighted by atomic mass is 10.2. The van der Waals surface area contributed by atoms with Crippen molar-refractivity contribution in [3.63, 3.8) is 0 Å². The molecule has 1 N–H and O–H groups in total. The van der Waals surface area contributed by atoms with Gasteiger partial charge in [-0.2, -0.15) is 0 Å². The summed E-state index contributed by atoms with van der Waals surface area (Å²) in [5.41, 5.74) is 2.28. The number of rotatable bonds is 5. The van der Waals surface area contributed by atoms with Gasteiger partial charge in [0.05, 0.1) is 7.11 Å². The Bertz CT molecular complexity index is 511. The van der Waals surface area contributed by atoms with Crippen LogP contribution in [0.25, 0.3) is 0 Å². The summed E-state index contributed by atoms with van der Waals surface area (Å²) in [4.78, 5) is 0. The second kappa shape index (κ2) is 5.96. The topological polar surface area (TPSA) is 30.5 Å². The predicted octanol–water partition coefficient (Wildman–Crippen LogP) is 3.45. The molecule has 0 aromatic heterocycles. The number of ether oxygens (including phenoxy) is 2. The van der Waals surface area contributed by atoms with Crippen LogP contribution in [0.5, 0.6) is 11.5 Å². The summed E-state index contributed by atoms with van der Waals surface area (Å²) >= 11 is 0. The van der Waals surface area contributed by atoms with Crippen molar-refractivity contribution in [1.82, 2.24) is 0 Å². The summed E-state index contributed by atoms with van der Waals surface area (Å²) < 4.78 is 10.7. The minimum Gasteiger partial charge on any atom is -0.497 e. The molecule has 0 radical (unpaired) electrons. The van der Waals surface area contributed by atoms with Gasteiger partial charge in [-0.3, -0.25) is 0 Å². The van der Waals surface area contributed by atoms with Crippen molar-refractivity contribution in [2.24, 2.45) is 0 Å². The van der Waals surface area contributed by atoms with E-state index in [1.807, 2.05) is 36.4 Å². The number of methoxy groups -OCH3 is 1. The first-order chi connectivity index (χ1) is 8.78. The second-order valence-corrected chi connectivity index (χ2v) is 4.01. The fraction of sp³-hybridized carbons (Fsp3) is 0.200. The molecule has 0 heterocycles. The van der Waals surface area contributed by atoms with Gasteiger partial charge in [0.25, 0.3) is 0 Å². The minimum atomic E-state index is 0.427. The average Bonchev–Trinajstić information content (AvgIpc) is 2.39. The lowest BCUT2D eigenvalue weighted by molar-refractivity contribution is 0.342. The van der Waals surface area contributed by atoms with Gasteiger partial charge >= 0.3 is 0 Å². The van der Waals surface area contributed by atoms with E-state index in [1.54, 1.807) is 7.11 Å². The van der Waals surface area contributed by atoms with E-state index in [-0.39, 0.29) is 0 Å². The van der Waals surface area contributed by atoms with Gasteiger partial charge in [-0.25, -0.2) is 0 Å². The smallest absolute Gasteiger partial charge is 0.159 e. The minimum absolute atomic E-state index is 0.427. The van der Waals surface area contributed by atoms with Crippen LogP contribution in [0, 0.1) is 6.92 Å². The molecule has 0 atom stereocenters. The first-order valence-corrected chi connectivity index (χ1v) is 5.85. The third kappa shape index (κ3) is 3.42. The van der Waals surface area contributed by atoms with E-state index in [1.165, 1.54) is 5.56 Å². The van der Waals surface area contributed by atoms with Crippen molar-refractivity contribution in [3.8, 4) is 11.5 Å². The number of nitrogens with one attached hydrogen (secondary N) is 1. The normalized spacial score (nSPS) is 9.89. The number of aryl methyl sites for hydroxylation is 1. The van der Waals surface area contributed by atoms with Gasteiger partial charge in [0.15, 0.2) is 6.73 Å². The third-order valence-electron chi connectivity index (χ3n) is 2.57. The van der Waals surface area contributed by atoms with Crippen LogP contribution in [0.3, 0.4) is 0 Å². The van der Waals surface area contributed by atoms with Crippen LogP contribution in [0.15, 0.2) is 48.5 Å². The number of anilines is 1. The Morgan fingerprint density at radius 1 is 1.00 bits per heavy atom. The van der Waals surface area contributed by atoms with Crippen LogP contribution in [0.2, 0.25) is 0 Å².